The first-order chi connectivity index (χ1) is 8.65. The van der Waals surface area contributed by atoms with Crippen LogP contribution in [0.5, 0.6) is 0 Å². The molecule has 0 heterocycles. The Kier molecular flexibility index (Phi) is 4.82. The normalized spacial score (nSPS) is 25.6. The molecule has 0 spiro atoms. The molecule has 1 heteroatoms. The van der Waals surface area contributed by atoms with Crippen molar-refractivity contribution in [2.45, 2.75) is 58.5 Å². The predicted molar refractivity (Wildman–Crippen MR) is 78.6 cm³/mol. The lowest BCUT2D eigenvalue weighted by molar-refractivity contribution is 0.375. The van der Waals surface area contributed by atoms with E-state index in [9.17, 15) is 0 Å². The van der Waals surface area contributed by atoms with E-state index in [2.05, 4.69) is 56.4 Å². The van der Waals surface area contributed by atoms with Gasteiger partial charge in [-0.05, 0) is 43.1 Å². The van der Waals surface area contributed by atoms with Gasteiger partial charge in [-0.2, -0.15) is 0 Å². The second-order valence-electron chi connectivity index (χ2n) is 6.37. The lowest BCUT2D eigenvalue weighted by Crippen LogP contribution is -2.31. The summed E-state index contributed by atoms with van der Waals surface area (Å²) in [7, 11) is 0. The Hall–Kier alpha value is -0.820. The Labute approximate surface area is 112 Å². The zero-order valence-electron chi connectivity index (χ0n) is 12.0. The van der Waals surface area contributed by atoms with Crippen LogP contribution in [0.15, 0.2) is 30.3 Å². The third kappa shape index (κ3) is 3.84. The number of hydrogen-bond donors (Lipinski definition) is 1. The van der Waals surface area contributed by atoms with Gasteiger partial charge >= 0.3 is 0 Å². The Balaban J connectivity index is 2.01. The van der Waals surface area contributed by atoms with Crippen molar-refractivity contribution in [1.29, 1.82) is 0 Å². The number of benzene rings is 1. The number of nitrogens with one attached hydrogen (secondary N) is 1. The first kappa shape index (κ1) is 13.6. The largest absolute Gasteiger partial charge is 0.307 e. The Morgan fingerprint density at radius 2 is 1.89 bits per heavy atom. The molecule has 3 atom stereocenters. The summed E-state index contributed by atoms with van der Waals surface area (Å²) < 4.78 is 0. The fraction of sp³-hybridized carbons (Fsp3) is 0.647. The highest BCUT2D eigenvalue weighted by Gasteiger charge is 2.24. The lowest BCUT2D eigenvalue weighted by Gasteiger charge is -2.25. The third-order valence-corrected chi connectivity index (χ3v) is 4.04. The Morgan fingerprint density at radius 1 is 1.17 bits per heavy atom. The molecule has 2 rings (SSSR count). The van der Waals surface area contributed by atoms with Crippen LogP contribution in [0.3, 0.4) is 0 Å². The molecule has 0 bridgehead atoms. The van der Waals surface area contributed by atoms with Crippen LogP contribution in [0.25, 0.3) is 0 Å². The zero-order valence-corrected chi connectivity index (χ0v) is 12.0. The lowest BCUT2D eigenvalue weighted by atomic mass is 9.96. The van der Waals surface area contributed by atoms with Crippen molar-refractivity contribution in [3.8, 4) is 0 Å². The maximum absolute atomic E-state index is 3.89. The zero-order chi connectivity index (χ0) is 13.0. The van der Waals surface area contributed by atoms with Gasteiger partial charge in [0.1, 0.15) is 0 Å². The van der Waals surface area contributed by atoms with E-state index in [1.54, 1.807) is 0 Å². The molecule has 1 aromatic carbocycles. The molecule has 0 amide bonds. The molecule has 1 fully saturated rings. The van der Waals surface area contributed by atoms with Gasteiger partial charge in [0.25, 0.3) is 0 Å². The molecule has 1 aliphatic carbocycles. The van der Waals surface area contributed by atoms with Crippen LogP contribution in [0, 0.1) is 11.8 Å². The van der Waals surface area contributed by atoms with E-state index < -0.39 is 0 Å². The average Bonchev–Trinajstić information content (AvgIpc) is 2.75. The van der Waals surface area contributed by atoms with Crippen molar-refractivity contribution >= 4 is 0 Å². The van der Waals surface area contributed by atoms with Gasteiger partial charge in [0, 0.05) is 12.1 Å². The topological polar surface area (TPSA) is 12.0 Å². The molecule has 0 aliphatic heterocycles. The van der Waals surface area contributed by atoms with Crippen molar-refractivity contribution in [2.24, 2.45) is 11.8 Å². The standard InChI is InChI=1S/C17H27N/c1-13(2)11-17(15-7-5-4-6-8-15)18-16-10-9-14(3)12-16/h4-8,13-14,16-18H,9-12H2,1-3H3. The van der Waals surface area contributed by atoms with Crippen LogP contribution in [0.1, 0.15) is 58.1 Å². The molecular formula is C17H27N. The van der Waals surface area contributed by atoms with Gasteiger partial charge in [-0.3, -0.25) is 0 Å². The third-order valence-electron chi connectivity index (χ3n) is 4.04. The maximum Gasteiger partial charge on any atom is 0.0325 e. The van der Waals surface area contributed by atoms with E-state index in [0.29, 0.717) is 6.04 Å². The quantitative estimate of drug-likeness (QED) is 0.802. The molecule has 1 nitrogen and oxygen atoms in total. The van der Waals surface area contributed by atoms with Crippen LogP contribution >= 0.6 is 0 Å². The number of hydrogen-bond acceptors (Lipinski definition) is 1. The fourth-order valence-electron chi connectivity index (χ4n) is 3.10. The van der Waals surface area contributed by atoms with E-state index >= 15 is 0 Å². The van der Waals surface area contributed by atoms with Crippen LogP contribution < -0.4 is 5.32 Å². The van der Waals surface area contributed by atoms with Crippen LogP contribution in [0.2, 0.25) is 0 Å². The van der Waals surface area contributed by atoms with Gasteiger partial charge in [0.05, 0.1) is 0 Å². The molecule has 0 radical (unpaired) electrons. The molecule has 1 aliphatic rings. The molecular weight excluding hydrogens is 218 g/mol. The van der Waals surface area contributed by atoms with Gasteiger partial charge < -0.3 is 5.32 Å². The summed E-state index contributed by atoms with van der Waals surface area (Å²) in [5.41, 5.74) is 1.45. The van der Waals surface area contributed by atoms with Crippen LogP contribution in [-0.2, 0) is 0 Å². The summed E-state index contributed by atoms with van der Waals surface area (Å²) in [6.45, 7) is 7.01. The second kappa shape index (κ2) is 6.38. The molecule has 0 saturated heterocycles. The van der Waals surface area contributed by atoms with Crippen molar-refractivity contribution in [3.05, 3.63) is 35.9 Å². The minimum Gasteiger partial charge on any atom is -0.307 e. The predicted octanol–water partition coefficient (Wildman–Crippen LogP) is 4.55. The highest BCUT2D eigenvalue weighted by Crippen LogP contribution is 2.29. The minimum absolute atomic E-state index is 0.529. The van der Waals surface area contributed by atoms with E-state index in [1.807, 2.05) is 0 Å². The fourth-order valence-corrected chi connectivity index (χ4v) is 3.10. The highest BCUT2D eigenvalue weighted by atomic mass is 15.0. The second-order valence-corrected chi connectivity index (χ2v) is 6.37. The summed E-state index contributed by atoms with van der Waals surface area (Å²) in [6.07, 6.45) is 5.32. The first-order valence-electron chi connectivity index (χ1n) is 7.46. The molecule has 100 valence electrons. The van der Waals surface area contributed by atoms with E-state index in [4.69, 9.17) is 0 Å². The van der Waals surface area contributed by atoms with Gasteiger partial charge in [0.2, 0.25) is 0 Å². The number of rotatable bonds is 5. The summed E-state index contributed by atoms with van der Waals surface area (Å²) in [5.74, 6) is 1.64. The molecule has 1 saturated carbocycles. The molecule has 1 N–H and O–H groups in total. The van der Waals surface area contributed by atoms with Crippen LogP contribution in [-0.4, -0.2) is 6.04 Å². The van der Waals surface area contributed by atoms with E-state index in [-0.39, 0.29) is 0 Å². The van der Waals surface area contributed by atoms with Crippen LogP contribution in [0.4, 0.5) is 0 Å². The molecule has 0 aromatic heterocycles. The van der Waals surface area contributed by atoms with Gasteiger partial charge in [-0.1, -0.05) is 51.1 Å². The van der Waals surface area contributed by atoms with Crippen molar-refractivity contribution in [2.75, 3.05) is 0 Å². The Bertz CT molecular complexity index is 344. The SMILES string of the molecule is CC(C)CC(NC1CCC(C)C1)c1ccccc1. The average molecular weight is 245 g/mol. The van der Waals surface area contributed by atoms with Crippen molar-refractivity contribution in [1.82, 2.24) is 5.32 Å². The van der Waals surface area contributed by atoms with E-state index in [1.165, 1.54) is 31.2 Å². The summed E-state index contributed by atoms with van der Waals surface area (Å²) in [4.78, 5) is 0. The van der Waals surface area contributed by atoms with Crippen molar-refractivity contribution < 1.29 is 0 Å². The first-order valence-corrected chi connectivity index (χ1v) is 7.46. The van der Waals surface area contributed by atoms with Gasteiger partial charge in [-0.15, -0.1) is 0 Å². The monoisotopic (exact) mass is 245 g/mol. The maximum atomic E-state index is 3.89. The summed E-state index contributed by atoms with van der Waals surface area (Å²) >= 11 is 0. The molecule has 3 unspecified atom stereocenters. The molecule has 1 aromatic rings. The summed E-state index contributed by atoms with van der Waals surface area (Å²) in [6, 6.07) is 12.2. The Morgan fingerprint density at radius 3 is 2.44 bits per heavy atom. The van der Waals surface area contributed by atoms with E-state index in [0.717, 1.165) is 17.9 Å². The minimum atomic E-state index is 0.529. The van der Waals surface area contributed by atoms with Gasteiger partial charge in [-0.25, -0.2) is 0 Å². The van der Waals surface area contributed by atoms with Crippen molar-refractivity contribution in [3.63, 3.8) is 0 Å². The van der Waals surface area contributed by atoms with Gasteiger partial charge in [0.15, 0.2) is 0 Å². The highest BCUT2D eigenvalue weighted by molar-refractivity contribution is 5.19. The molecule has 18 heavy (non-hydrogen) atoms. The summed E-state index contributed by atoms with van der Waals surface area (Å²) in [5, 5.41) is 3.89. The smallest absolute Gasteiger partial charge is 0.0325 e.